The maximum absolute atomic E-state index is 12.7. The normalized spacial score (nSPS) is 11.3. The molecule has 3 aromatic carbocycles. The Bertz CT molecular complexity index is 1260. The number of aryl methyl sites for hydroxylation is 1. The summed E-state index contributed by atoms with van der Waals surface area (Å²) in [6.07, 6.45) is 0. The molecule has 4 aromatic rings. The molecule has 8 heteroatoms. The van der Waals surface area contributed by atoms with Gasteiger partial charge in [-0.05, 0) is 55.4 Å². The van der Waals surface area contributed by atoms with E-state index >= 15 is 0 Å². The molecule has 4 rings (SSSR count). The van der Waals surface area contributed by atoms with Crippen molar-refractivity contribution in [3.05, 3.63) is 90.5 Å². The molecule has 0 saturated carbocycles. The van der Waals surface area contributed by atoms with Crippen LogP contribution in [0, 0.1) is 6.92 Å². The minimum absolute atomic E-state index is 0.127. The van der Waals surface area contributed by atoms with E-state index < -0.39 is 5.97 Å². The molecule has 1 N–H and O–H groups in total. The fourth-order valence-electron chi connectivity index (χ4n) is 3.14. The number of rotatable bonds is 6. The van der Waals surface area contributed by atoms with E-state index in [0.717, 1.165) is 34.3 Å². The Hall–Kier alpha value is -3.91. The van der Waals surface area contributed by atoms with Crippen LogP contribution in [0.2, 0.25) is 0 Å². The molecule has 0 spiro atoms. The molecule has 7 nitrogen and oxygen atoms in total. The van der Waals surface area contributed by atoms with Gasteiger partial charge in [-0.15, -0.1) is 10.2 Å². The van der Waals surface area contributed by atoms with Crippen molar-refractivity contribution < 1.29 is 9.53 Å². The topological polar surface area (TPSA) is 81.4 Å². The van der Waals surface area contributed by atoms with Crippen molar-refractivity contribution in [2.75, 3.05) is 12.0 Å². The van der Waals surface area contributed by atoms with Crippen LogP contribution >= 0.6 is 11.8 Å². The van der Waals surface area contributed by atoms with Gasteiger partial charge in [0.05, 0.1) is 12.3 Å². The third-order valence-corrected chi connectivity index (χ3v) is 5.52. The molecule has 0 bridgehead atoms. The molecule has 0 atom stereocenters. The van der Waals surface area contributed by atoms with Crippen LogP contribution in [-0.2, 0) is 9.53 Å². The number of aromatic nitrogens is 3. The zero-order valence-corrected chi connectivity index (χ0v) is 19.1. The number of esters is 1. The van der Waals surface area contributed by atoms with Gasteiger partial charge in [0.2, 0.25) is 10.2 Å². The molecule has 0 aliphatic rings. The highest BCUT2D eigenvalue weighted by atomic mass is 32.2. The average Bonchev–Trinajstić information content (AvgIpc) is 3.26. The number of carbonyl (C=O) groups excluding carboxylic acids is 1. The number of hydrazone groups is 1. The highest BCUT2D eigenvalue weighted by Crippen LogP contribution is 2.29. The van der Waals surface area contributed by atoms with Crippen LogP contribution in [0.1, 0.15) is 12.5 Å². The van der Waals surface area contributed by atoms with Gasteiger partial charge >= 0.3 is 5.97 Å². The quantitative estimate of drug-likeness (QED) is 0.139. The Kier molecular flexibility index (Phi) is 7.16. The summed E-state index contributed by atoms with van der Waals surface area (Å²) in [6, 6.07) is 27.3. The number of anilines is 1. The molecule has 166 valence electrons. The van der Waals surface area contributed by atoms with Crippen molar-refractivity contribution in [1.82, 2.24) is 14.8 Å². The smallest absolute Gasteiger partial charge is 0.365 e. The Morgan fingerprint density at radius 2 is 1.73 bits per heavy atom. The standard InChI is InChI=1S/C25H23N5O2S/c1-3-32-24(31)23(28-26-20-14-10-11-18(2)17-20)33-25-29-27-22(19-12-6-4-7-13-19)30(25)21-15-8-5-9-16-21/h4-17,26H,3H2,1-2H3/b28-23+. The van der Waals surface area contributed by atoms with Crippen molar-refractivity contribution in [3.63, 3.8) is 0 Å². The van der Waals surface area contributed by atoms with E-state index in [2.05, 4.69) is 20.7 Å². The molecule has 1 aromatic heterocycles. The summed E-state index contributed by atoms with van der Waals surface area (Å²) in [5, 5.41) is 13.8. The van der Waals surface area contributed by atoms with E-state index in [0.29, 0.717) is 11.0 Å². The highest BCUT2D eigenvalue weighted by molar-refractivity contribution is 8.15. The zero-order valence-electron chi connectivity index (χ0n) is 18.3. The molecular formula is C25H23N5O2S. The van der Waals surface area contributed by atoms with Crippen LogP contribution in [0.3, 0.4) is 0 Å². The lowest BCUT2D eigenvalue weighted by atomic mass is 10.2. The summed E-state index contributed by atoms with van der Waals surface area (Å²) in [4.78, 5) is 12.7. The van der Waals surface area contributed by atoms with E-state index in [4.69, 9.17) is 4.74 Å². The molecule has 0 saturated heterocycles. The third kappa shape index (κ3) is 5.48. The van der Waals surface area contributed by atoms with E-state index in [-0.39, 0.29) is 11.7 Å². The van der Waals surface area contributed by atoms with Gasteiger partial charge < -0.3 is 4.74 Å². The van der Waals surface area contributed by atoms with Crippen LogP contribution < -0.4 is 5.43 Å². The van der Waals surface area contributed by atoms with Crippen LogP contribution in [0.5, 0.6) is 0 Å². The van der Waals surface area contributed by atoms with E-state index in [1.807, 2.05) is 96.4 Å². The second-order valence-electron chi connectivity index (χ2n) is 7.06. The molecule has 0 aliphatic carbocycles. The molecule has 0 fully saturated rings. The van der Waals surface area contributed by atoms with Crippen LogP contribution in [0.4, 0.5) is 5.69 Å². The lowest BCUT2D eigenvalue weighted by Crippen LogP contribution is -2.17. The number of para-hydroxylation sites is 1. The predicted molar refractivity (Wildman–Crippen MR) is 132 cm³/mol. The minimum Gasteiger partial charge on any atom is -0.461 e. The van der Waals surface area contributed by atoms with Gasteiger partial charge in [0.25, 0.3) is 0 Å². The summed E-state index contributed by atoms with van der Waals surface area (Å²) in [7, 11) is 0. The maximum Gasteiger partial charge on any atom is 0.365 e. The summed E-state index contributed by atoms with van der Waals surface area (Å²) in [5.74, 6) is 0.130. The predicted octanol–water partition coefficient (Wildman–Crippen LogP) is 5.32. The number of carbonyl (C=O) groups is 1. The molecule has 0 amide bonds. The van der Waals surface area contributed by atoms with Crippen molar-refractivity contribution >= 4 is 28.5 Å². The molecule has 1 heterocycles. The zero-order chi connectivity index (χ0) is 23.0. The lowest BCUT2D eigenvalue weighted by molar-refractivity contribution is -0.134. The van der Waals surface area contributed by atoms with Crippen molar-refractivity contribution in [2.45, 2.75) is 19.0 Å². The van der Waals surface area contributed by atoms with Gasteiger partial charge in [0, 0.05) is 11.3 Å². The molecule has 33 heavy (non-hydrogen) atoms. The third-order valence-electron chi connectivity index (χ3n) is 4.62. The fourth-order valence-corrected chi connectivity index (χ4v) is 3.91. The highest BCUT2D eigenvalue weighted by Gasteiger charge is 2.22. The summed E-state index contributed by atoms with van der Waals surface area (Å²) in [5.41, 5.74) is 6.59. The molecule has 0 aliphatic heterocycles. The number of nitrogens with zero attached hydrogens (tertiary/aromatic N) is 4. The van der Waals surface area contributed by atoms with Crippen LogP contribution in [0.25, 0.3) is 17.1 Å². The van der Waals surface area contributed by atoms with E-state index in [1.165, 1.54) is 0 Å². The molecular weight excluding hydrogens is 434 g/mol. The first-order valence-corrected chi connectivity index (χ1v) is 11.3. The number of hydrogen-bond donors (Lipinski definition) is 1. The van der Waals surface area contributed by atoms with Gasteiger partial charge in [0.1, 0.15) is 0 Å². The van der Waals surface area contributed by atoms with E-state index in [9.17, 15) is 4.79 Å². The lowest BCUT2D eigenvalue weighted by Gasteiger charge is -2.11. The largest absolute Gasteiger partial charge is 0.461 e. The van der Waals surface area contributed by atoms with Crippen molar-refractivity contribution in [1.29, 1.82) is 0 Å². The number of hydrogen-bond acceptors (Lipinski definition) is 7. The number of nitrogens with one attached hydrogen (secondary N) is 1. The Balaban J connectivity index is 1.73. The Morgan fingerprint density at radius 3 is 2.42 bits per heavy atom. The van der Waals surface area contributed by atoms with Crippen LogP contribution in [-0.4, -0.2) is 32.4 Å². The second-order valence-corrected chi connectivity index (χ2v) is 8.02. The van der Waals surface area contributed by atoms with Gasteiger partial charge in [0.15, 0.2) is 5.82 Å². The van der Waals surface area contributed by atoms with Gasteiger partial charge in [-0.3, -0.25) is 9.99 Å². The number of thioether (sulfide) groups is 1. The van der Waals surface area contributed by atoms with Gasteiger partial charge in [-0.2, -0.15) is 5.10 Å². The summed E-state index contributed by atoms with van der Waals surface area (Å²) in [6.45, 7) is 3.99. The first-order chi connectivity index (χ1) is 16.2. The summed E-state index contributed by atoms with van der Waals surface area (Å²) < 4.78 is 7.14. The Morgan fingerprint density at radius 1 is 1.00 bits per heavy atom. The monoisotopic (exact) mass is 457 g/mol. The number of ether oxygens (including phenoxy) is 1. The van der Waals surface area contributed by atoms with Gasteiger partial charge in [-0.1, -0.05) is 60.7 Å². The number of benzene rings is 3. The average molecular weight is 458 g/mol. The summed E-state index contributed by atoms with van der Waals surface area (Å²) >= 11 is 1.10. The van der Waals surface area contributed by atoms with Gasteiger partial charge in [-0.25, -0.2) is 4.79 Å². The van der Waals surface area contributed by atoms with E-state index in [1.54, 1.807) is 6.92 Å². The first-order valence-electron chi connectivity index (χ1n) is 10.5. The van der Waals surface area contributed by atoms with Crippen LogP contribution in [0.15, 0.2) is 95.2 Å². The minimum atomic E-state index is -0.536. The maximum atomic E-state index is 12.7. The fraction of sp³-hybridized carbons (Fsp3) is 0.120. The van der Waals surface area contributed by atoms with Crippen molar-refractivity contribution in [2.24, 2.45) is 5.10 Å². The first kappa shape index (κ1) is 22.3. The Labute approximate surface area is 196 Å². The van der Waals surface area contributed by atoms with Crippen molar-refractivity contribution in [3.8, 4) is 17.1 Å². The SMILES string of the molecule is CCOC(=O)/C(=N\Nc1cccc(C)c1)Sc1nnc(-c2ccccc2)n1-c1ccccc1. The molecule has 0 radical (unpaired) electrons. The molecule has 0 unspecified atom stereocenters. The second kappa shape index (κ2) is 10.6.